The van der Waals surface area contributed by atoms with E-state index >= 15 is 0 Å². The van der Waals surface area contributed by atoms with Crippen molar-refractivity contribution in [1.29, 1.82) is 0 Å². The molecule has 7 nitrogen and oxygen atoms in total. The maximum atomic E-state index is 12.3. The van der Waals surface area contributed by atoms with Gasteiger partial charge in [-0.1, -0.05) is 0 Å². The number of nitrogens with one attached hydrogen (secondary N) is 1. The molecule has 0 unspecified atom stereocenters. The number of amides is 2. The number of carbonyl (C=O) groups is 2. The lowest BCUT2D eigenvalue weighted by atomic mass is 10.3. The minimum atomic E-state index is -0.137. The molecule has 0 aromatic carbocycles. The molecule has 2 amide bonds. The smallest absolute Gasteiger partial charge is 0.274 e. The van der Waals surface area contributed by atoms with E-state index in [1.165, 1.54) is 6.20 Å². The maximum Gasteiger partial charge on any atom is 0.274 e. The highest BCUT2D eigenvalue weighted by Gasteiger charge is 2.24. The summed E-state index contributed by atoms with van der Waals surface area (Å²) in [5.74, 6) is 0.566. The summed E-state index contributed by atoms with van der Waals surface area (Å²) >= 11 is 0. The lowest BCUT2D eigenvalue weighted by Crippen LogP contribution is -2.50. The van der Waals surface area contributed by atoms with Crippen molar-refractivity contribution in [2.24, 2.45) is 0 Å². The molecule has 1 aliphatic rings. The van der Waals surface area contributed by atoms with Crippen molar-refractivity contribution >= 4 is 17.6 Å². The highest BCUT2D eigenvalue weighted by atomic mass is 16.2. The molecule has 21 heavy (non-hydrogen) atoms. The van der Waals surface area contributed by atoms with Crippen LogP contribution in [0.25, 0.3) is 0 Å². The lowest BCUT2D eigenvalue weighted by molar-refractivity contribution is -0.130. The number of nitrogens with zero attached hydrogens (tertiary/aromatic N) is 4. The van der Waals surface area contributed by atoms with E-state index in [0.29, 0.717) is 37.7 Å². The second kappa shape index (κ2) is 6.51. The van der Waals surface area contributed by atoms with Crippen molar-refractivity contribution in [3.8, 4) is 0 Å². The highest BCUT2D eigenvalue weighted by molar-refractivity contribution is 5.92. The van der Waals surface area contributed by atoms with Gasteiger partial charge in [-0.3, -0.25) is 9.59 Å². The zero-order valence-corrected chi connectivity index (χ0v) is 12.7. The van der Waals surface area contributed by atoms with E-state index in [2.05, 4.69) is 15.3 Å². The van der Waals surface area contributed by atoms with Crippen LogP contribution in [0.15, 0.2) is 12.4 Å². The molecule has 2 rings (SSSR count). The van der Waals surface area contributed by atoms with Gasteiger partial charge in [0.1, 0.15) is 11.5 Å². The molecule has 2 heterocycles. The summed E-state index contributed by atoms with van der Waals surface area (Å²) in [5.41, 5.74) is 0.334. The Balaban J connectivity index is 1.96. The van der Waals surface area contributed by atoms with Crippen LogP contribution in [0.5, 0.6) is 0 Å². The van der Waals surface area contributed by atoms with Crippen molar-refractivity contribution in [2.45, 2.75) is 26.8 Å². The summed E-state index contributed by atoms with van der Waals surface area (Å²) < 4.78 is 0. The van der Waals surface area contributed by atoms with Crippen molar-refractivity contribution in [2.75, 3.05) is 31.5 Å². The van der Waals surface area contributed by atoms with Gasteiger partial charge < -0.3 is 15.1 Å². The molecular formula is C14H21N5O2. The molecule has 7 heteroatoms. The van der Waals surface area contributed by atoms with Gasteiger partial charge in [0.15, 0.2) is 0 Å². The Morgan fingerprint density at radius 2 is 1.71 bits per heavy atom. The van der Waals surface area contributed by atoms with E-state index in [1.807, 2.05) is 13.8 Å². The maximum absolute atomic E-state index is 12.3. The lowest BCUT2D eigenvalue weighted by Gasteiger charge is -2.33. The molecule has 0 spiro atoms. The monoisotopic (exact) mass is 291 g/mol. The number of aromatic nitrogens is 2. The molecule has 1 N–H and O–H groups in total. The third-order valence-corrected chi connectivity index (χ3v) is 3.32. The fourth-order valence-corrected chi connectivity index (χ4v) is 2.20. The molecule has 114 valence electrons. The number of rotatable bonds is 3. The molecule has 0 bridgehead atoms. The van der Waals surface area contributed by atoms with Crippen molar-refractivity contribution in [3.63, 3.8) is 0 Å². The van der Waals surface area contributed by atoms with Gasteiger partial charge in [-0.2, -0.15) is 0 Å². The Morgan fingerprint density at radius 3 is 2.19 bits per heavy atom. The van der Waals surface area contributed by atoms with E-state index in [4.69, 9.17) is 0 Å². The highest BCUT2D eigenvalue weighted by Crippen LogP contribution is 2.08. The molecule has 1 aromatic rings. The first-order valence-electron chi connectivity index (χ1n) is 7.10. The average Bonchev–Trinajstić information content (AvgIpc) is 2.47. The Bertz CT molecular complexity index is 507. The van der Waals surface area contributed by atoms with E-state index < -0.39 is 0 Å². The first-order chi connectivity index (χ1) is 9.97. The van der Waals surface area contributed by atoms with Crippen LogP contribution in [0.2, 0.25) is 0 Å². The quantitative estimate of drug-likeness (QED) is 0.882. The van der Waals surface area contributed by atoms with Gasteiger partial charge >= 0.3 is 0 Å². The number of anilines is 1. The van der Waals surface area contributed by atoms with Gasteiger partial charge in [0.2, 0.25) is 5.91 Å². The van der Waals surface area contributed by atoms with E-state index in [-0.39, 0.29) is 17.9 Å². The van der Waals surface area contributed by atoms with Crippen LogP contribution < -0.4 is 5.32 Å². The Hall–Kier alpha value is -2.18. The Labute approximate surface area is 124 Å². The normalized spacial score (nSPS) is 15.2. The SMILES string of the molecule is CC(=O)N1CCN(C(=O)c2cnc(NC(C)C)cn2)CC1. The number of piperazine rings is 1. The molecular weight excluding hydrogens is 270 g/mol. The molecule has 0 radical (unpaired) electrons. The molecule has 0 aliphatic carbocycles. The van der Waals surface area contributed by atoms with Crippen LogP contribution in [-0.4, -0.2) is 63.8 Å². The van der Waals surface area contributed by atoms with Crippen LogP contribution in [0.1, 0.15) is 31.3 Å². The Kier molecular flexibility index (Phi) is 4.72. The van der Waals surface area contributed by atoms with Gasteiger partial charge in [0, 0.05) is 39.1 Å². The summed E-state index contributed by atoms with van der Waals surface area (Å²) in [5, 5.41) is 3.13. The standard InChI is InChI=1S/C14H21N5O2/c1-10(2)17-13-9-15-12(8-16-13)14(21)19-6-4-18(5-7-19)11(3)20/h8-10H,4-7H2,1-3H3,(H,16,17). The van der Waals surface area contributed by atoms with Crippen LogP contribution >= 0.6 is 0 Å². The third-order valence-electron chi connectivity index (χ3n) is 3.32. The first kappa shape index (κ1) is 15.2. The Morgan fingerprint density at radius 1 is 1.10 bits per heavy atom. The van der Waals surface area contributed by atoms with Crippen LogP contribution in [-0.2, 0) is 4.79 Å². The van der Waals surface area contributed by atoms with Crippen LogP contribution in [0, 0.1) is 0 Å². The van der Waals surface area contributed by atoms with E-state index in [1.54, 1.807) is 22.9 Å². The van der Waals surface area contributed by atoms with Crippen molar-refractivity contribution in [3.05, 3.63) is 18.1 Å². The minimum Gasteiger partial charge on any atom is -0.367 e. The second-order valence-corrected chi connectivity index (χ2v) is 5.38. The topological polar surface area (TPSA) is 78.4 Å². The number of carbonyl (C=O) groups excluding carboxylic acids is 2. The molecule has 1 saturated heterocycles. The zero-order chi connectivity index (χ0) is 15.4. The predicted octanol–water partition coefficient (Wildman–Crippen LogP) is 0.601. The second-order valence-electron chi connectivity index (χ2n) is 5.38. The van der Waals surface area contributed by atoms with Gasteiger partial charge in [-0.15, -0.1) is 0 Å². The minimum absolute atomic E-state index is 0.0472. The summed E-state index contributed by atoms with van der Waals surface area (Å²) in [6, 6.07) is 0.264. The molecule has 0 saturated carbocycles. The third kappa shape index (κ3) is 3.90. The summed E-state index contributed by atoms with van der Waals surface area (Å²) in [4.78, 5) is 35.4. The summed E-state index contributed by atoms with van der Waals surface area (Å²) in [6.07, 6.45) is 3.06. The first-order valence-corrected chi connectivity index (χ1v) is 7.10. The molecule has 1 aliphatic heterocycles. The van der Waals surface area contributed by atoms with E-state index in [9.17, 15) is 9.59 Å². The average molecular weight is 291 g/mol. The van der Waals surface area contributed by atoms with Crippen LogP contribution in [0.4, 0.5) is 5.82 Å². The predicted molar refractivity (Wildman–Crippen MR) is 78.9 cm³/mol. The van der Waals surface area contributed by atoms with Gasteiger partial charge in [0.05, 0.1) is 12.4 Å². The van der Waals surface area contributed by atoms with Crippen molar-refractivity contribution in [1.82, 2.24) is 19.8 Å². The molecule has 0 atom stereocenters. The largest absolute Gasteiger partial charge is 0.367 e. The van der Waals surface area contributed by atoms with Gasteiger partial charge in [-0.05, 0) is 13.8 Å². The van der Waals surface area contributed by atoms with Gasteiger partial charge in [-0.25, -0.2) is 9.97 Å². The number of hydrogen-bond donors (Lipinski definition) is 1. The molecule has 1 fully saturated rings. The fourth-order valence-electron chi connectivity index (χ4n) is 2.20. The van der Waals surface area contributed by atoms with Gasteiger partial charge in [0.25, 0.3) is 5.91 Å². The summed E-state index contributed by atoms with van der Waals surface area (Å²) in [7, 11) is 0. The van der Waals surface area contributed by atoms with Crippen molar-refractivity contribution < 1.29 is 9.59 Å². The number of hydrogen-bond acceptors (Lipinski definition) is 5. The zero-order valence-electron chi connectivity index (χ0n) is 12.7. The fraction of sp³-hybridized carbons (Fsp3) is 0.571. The molecule has 1 aromatic heterocycles. The summed E-state index contributed by atoms with van der Waals surface area (Å²) in [6.45, 7) is 7.77. The van der Waals surface area contributed by atoms with E-state index in [0.717, 1.165) is 0 Å². The van der Waals surface area contributed by atoms with Crippen LogP contribution in [0.3, 0.4) is 0 Å².